The van der Waals surface area contributed by atoms with E-state index in [-0.39, 0.29) is 5.43 Å². The molecule has 1 amide bonds. The number of carbonyl (C=O) groups is 1. The smallest absolute Gasteiger partial charge is 0.408 e. The molecule has 1 saturated carbocycles. The second-order valence-electron chi connectivity index (χ2n) is 15.0. The molecule has 0 unspecified atom stereocenters. The zero-order valence-corrected chi connectivity index (χ0v) is 30.0. The zero-order valence-electron chi connectivity index (χ0n) is 28.2. The van der Waals surface area contributed by atoms with Gasteiger partial charge in [0.1, 0.15) is 16.9 Å². The summed E-state index contributed by atoms with van der Waals surface area (Å²) in [6, 6.07) is 20.5. The van der Waals surface area contributed by atoms with Crippen molar-refractivity contribution in [3.05, 3.63) is 87.8 Å². The van der Waals surface area contributed by atoms with Crippen molar-refractivity contribution in [2.24, 2.45) is 0 Å². The van der Waals surface area contributed by atoms with E-state index in [2.05, 4.69) is 29.5 Å². The van der Waals surface area contributed by atoms with Gasteiger partial charge >= 0.3 is 6.09 Å². The Morgan fingerprint density at radius 1 is 1.04 bits per heavy atom. The molecule has 0 radical (unpaired) electrons. The van der Waals surface area contributed by atoms with Crippen molar-refractivity contribution < 1.29 is 13.9 Å². The van der Waals surface area contributed by atoms with Crippen LogP contribution in [0.3, 0.4) is 0 Å². The lowest BCUT2D eigenvalue weighted by Crippen LogP contribution is -2.52. The summed E-state index contributed by atoms with van der Waals surface area (Å²) in [5.41, 5.74) is 3.51. The van der Waals surface area contributed by atoms with Crippen molar-refractivity contribution in [2.75, 3.05) is 0 Å². The fourth-order valence-corrected chi connectivity index (χ4v) is 8.10. The molecule has 2 aromatic heterocycles. The Morgan fingerprint density at radius 3 is 2.36 bits per heavy atom. The van der Waals surface area contributed by atoms with Gasteiger partial charge in [0.2, 0.25) is 5.43 Å². The SMILES string of the molecule is CC(C)(C)OC(=O)NC1(c2ccc(-c3c(-c4ccccc4)oc4c(cc(Cl)c5c4ncn5CCCC[Si](C)(C)C)c3=O)cc2)CCC1. The third-order valence-electron chi connectivity index (χ3n) is 8.98. The summed E-state index contributed by atoms with van der Waals surface area (Å²) in [6.45, 7) is 13.6. The standard InChI is InChI=1S/C38H44ClN3O4Si/c1-37(2,3)46-36(44)41-38(19-12-20-38)27-17-15-25(16-18-27)30-33(43)28-23-29(39)32-31(35(28)45-34(30)26-13-8-7-9-14-26)40-24-42(32)21-10-11-22-47(4,5)6/h7-9,13-18,23-24H,10-12,19-22H2,1-6H3,(H,41,44). The second-order valence-corrected chi connectivity index (χ2v) is 21.1. The highest BCUT2D eigenvalue weighted by Crippen LogP contribution is 2.43. The lowest BCUT2D eigenvalue weighted by atomic mass is 9.71. The molecule has 1 aliphatic rings. The fourth-order valence-electron chi connectivity index (χ4n) is 6.48. The van der Waals surface area contributed by atoms with E-state index < -0.39 is 25.3 Å². The van der Waals surface area contributed by atoms with Gasteiger partial charge in [-0.1, -0.05) is 98.3 Å². The number of hydrogen-bond acceptors (Lipinski definition) is 5. The van der Waals surface area contributed by atoms with Gasteiger partial charge in [-0.05, 0) is 63.6 Å². The predicted molar refractivity (Wildman–Crippen MR) is 194 cm³/mol. The van der Waals surface area contributed by atoms with Crippen LogP contribution in [0.5, 0.6) is 0 Å². The van der Waals surface area contributed by atoms with Crippen molar-refractivity contribution in [3.8, 4) is 22.5 Å². The molecule has 7 nitrogen and oxygen atoms in total. The summed E-state index contributed by atoms with van der Waals surface area (Å²) in [7, 11) is -1.11. The maximum atomic E-state index is 14.4. The number of rotatable bonds is 9. The Kier molecular flexibility index (Phi) is 8.87. The van der Waals surface area contributed by atoms with Crippen molar-refractivity contribution in [1.82, 2.24) is 14.9 Å². The average molecular weight is 670 g/mol. The largest absolute Gasteiger partial charge is 0.453 e. The van der Waals surface area contributed by atoms with Crippen LogP contribution >= 0.6 is 11.6 Å². The summed E-state index contributed by atoms with van der Waals surface area (Å²) in [5, 5.41) is 4.00. The lowest BCUT2D eigenvalue weighted by Gasteiger charge is -2.43. The van der Waals surface area contributed by atoms with E-state index >= 15 is 0 Å². The number of aromatic nitrogens is 2. The molecule has 9 heteroatoms. The average Bonchev–Trinajstić information content (AvgIpc) is 3.42. The summed E-state index contributed by atoms with van der Waals surface area (Å²) >= 11 is 6.89. The van der Waals surface area contributed by atoms with Crippen LogP contribution in [0.15, 0.2) is 76.2 Å². The van der Waals surface area contributed by atoms with Gasteiger partial charge in [0.05, 0.1) is 33.4 Å². The number of imidazole rings is 1. The molecule has 3 aromatic carbocycles. The van der Waals surface area contributed by atoms with Crippen molar-refractivity contribution in [1.29, 1.82) is 0 Å². The minimum Gasteiger partial charge on any atom is -0.453 e. The van der Waals surface area contributed by atoms with E-state index in [0.29, 0.717) is 32.8 Å². The van der Waals surface area contributed by atoms with Crippen LogP contribution in [0.1, 0.15) is 58.4 Å². The Hall–Kier alpha value is -3.88. The van der Waals surface area contributed by atoms with Crippen LogP contribution in [-0.4, -0.2) is 29.3 Å². The van der Waals surface area contributed by atoms with E-state index in [4.69, 9.17) is 25.7 Å². The first-order chi connectivity index (χ1) is 22.2. The van der Waals surface area contributed by atoms with Gasteiger partial charge in [-0.2, -0.15) is 0 Å². The van der Waals surface area contributed by atoms with Crippen LogP contribution in [0.4, 0.5) is 4.79 Å². The van der Waals surface area contributed by atoms with Crippen LogP contribution in [0, 0.1) is 0 Å². The number of hydrogen-bond donors (Lipinski definition) is 1. The topological polar surface area (TPSA) is 86.4 Å². The number of aryl methyl sites for hydroxylation is 1. The van der Waals surface area contributed by atoms with Gasteiger partial charge in [0.15, 0.2) is 5.58 Å². The van der Waals surface area contributed by atoms with Crippen LogP contribution in [0.2, 0.25) is 30.7 Å². The number of nitrogens with one attached hydrogen (secondary N) is 1. The summed E-state index contributed by atoms with van der Waals surface area (Å²) in [6.07, 6.45) is 6.21. The predicted octanol–water partition coefficient (Wildman–Crippen LogP) is 10.2. The molecule has 1 fully saturated rings. The second kappa shape index (κ2) is 12.6. The van der Waals surface area contributed by atoms with Gasteiger partial charge in [-0.15, -0.1) is 0 Å². The minimum atomic E-state index is -1.11. The van der Waals surface area contributed by atoms with E-state index in [1.54, 1.807) is 12.4 Å². The Bertz CT molecular complexity index is 1980. The van der Waals surface area contributed by atoms with Gasteiger partial charge in [0, 0.05) is 20.2 Å². The van der Waals surface area contributed by atoms with Crippen molar-refractivity contribution >= 4 is 47.8 Å². The third kappa shape index (κ3) is 6.90. The van der Waals surface area contributed by atoms with E-state index in [0.717, 1.165) is 60.9 Å². The number of ether oxygens (including phenoxy) is 1. The van der Waals surface area contributed by atoms with E-state index in [1.165, 1.54) is 6.04 Å². The normalized spacial score (nSPS) is 14.7. The van der Waals surface area contributed by atoms with Gasteiger partial charge in [-0.25, -0.2) is 9.78 Å². The summed E-state index contributed by atoms with van der Waals surface area (Å²) < 4.78 is 14.3. The summed E-state index contributed by atoms with van der Waals surface area (Å²) in [5.74, 6) is 0.481. The van der Waals surface area contributed by atoms with Gasteiger partial charge in [0.25, 0.3) is 0 Å². The molecule has 1 aliphatic carbocycles. The number of unbranched alkanes of at least 4 members (excludes halogenated alkanes) is 1. The molecular formula is C38H44ClN3O4Si. The van der Waals surface area contributed by atoms with Crippen LogP contribution in [0.25, 0.3) is 44.5 Å². The first-order valence-corrected chi connectivity index (χ1v) is 20.6. The lowest BCUT2D eigenvalue weighted by molar-refractivity contribution is 0.0377. The Balaban J connectivity index is 1.41. The highest BCUT2D eigenvalue weighted by atomic mass is 35.5. The molecule has 6 rings (SSSR count). The number of halogens is 1. The molecule has 2 heterocycles. The quantitative estimate of drug-likeness (QED) is 0.125. The minimum absolute atomic E-state index is 0.170. The molecule has 47 heavy (non-hydrogen) atoms. The van der Waals surface area contributed by atoms with Crippen LogP contribution < -0.4 is 10.7 Å². The highest BCUT2D eigenvalue weighted by Gasteiger charge is 2.41. The molecule has 0 atom stereocenters. The fraction of sp³-hybridized carbons (Fsp3) is 0.395. The third-order valence-corrected chi connectivity index (χ3v) is 11.1. The summed E-state index contributed by atoms with van der Waals surface area (Å²) in [4.78, 5) is 31.9. The number of benzene rings is 3. The molecule has 0 bridgehead atoms. The number of fused-ring (bicyclic) bond motifs is 3. The van der Waals surface area contributed by atoms with E-state index in [1.807, 2.05) is 75.4 Å². The van der Waals surface area contributed by atoms with E-state index in [9.17, 15) is 9.59 Å². The van der Waals surface area contributed by atoms with Crippen molar-refractivity contribution in [2.45, 2.75) is 96.2 Å². The van der Waals surface area contributed by atoms with Gasteiger partial charge < -0.3 is 19.0 Å². The zero-order chi connectivity index (χ0) is 33.6. The maximum absolute atomic E-state index is 14.4. The molecule has 0 saturated heterocycles. The number of amides is 1. The monoisotopic (exact) mass is 669 g/mol. The molecule has 0 spiro atoms. The van der Waals surface area contributed by atoms with Gasteiger partial charge in [-0.3, -0.25) is 4.79 Å². The maximum Gasteiger partial charge on any atom is 0.408 e. The van der Waals surface area contributed by atoms with Crippen LogP contribution in [-0.2, 0) is 16.8 Å². The Morgan fingerprint density at radius 2 is 1.74 bits per heavy atom. The molecule has 5 aromatic rings. The molecule has 246 valence electrons. The number of carbonyl (C=O) groups excluding carboxylic acids is 1. The first kappa shape index (κ1) is 33.0. The molecule has 1 N–H and O–H groups in total. The number of nitrogens with zero attached hydrogens (tertiary/aromatic N) is 2. The molecule has 0 aliphatic heterocycles. The van der Waals surface area contributed by atoms with Crippen molar-refractivity contribution in [3.63, 3.8) is 0 Å². The molecular weight excluding hydrogens is 626 g/mol. The first-order valence-electron chi connectivity index (χ1n) is 16.6. The number of alkyl carbamates (subject to hydrolysis) is 1. The Labute approximate surface area is 282 Å². The highest BCUT2D eigenvalue weighted by molar-refractivity contribution is 6.76.